The molecule has 0 bridgehead atoms. The van der Waals surface area contributed by atoms with Gasteiger partial charge in [-0.2, -0.15) is 0 Å². The van der Waals surface area contributed by atoms with E-state index in [1.165, 1.54) is 0 Å². The van der Waals surface area contributed by atoms with Crippen LogP contribution in [0.15, 0.2) is 29.2 Å². The van der Waals surface area contributed by atoms with Crippen LogP contribution in [0.3, 0.4) is 0 Å². The number of carbonyl (C=O) groups excluding carboxylic acids is 1. The summed E-state index contributed by atoms with van der Waals surface area (Å²) in [6.45, 7) is 2.00. The maximum absolute atomic E-state index is 13.0. The van der Waals surface area contributed by atoms with Crippen LogP contribution in [0.2, 0.25) is 0 Å². The smallest absolute Gasteiger partial charge is 0.406 e. The van der Waals surface area contributed by atoms with Crippen LogP contribution in [0.4, 0.5) is 13.2 Å². The topological polar surface area (TPSA) is 96.5 Å². The van der Waals surface area contributed by atoms with Crippen LogP contribution in [-0.2, 0) is 14.6 Å². The predicted molar refractivity (Wildman–Crippen MR) is 108 cm³/mol. The number of likely N-dealkylation sites (N-methyl/N-ethyl adjacent to an activating group) is 1. The summed E-state index contributed by atoms with van der Waals surface area (Å²) in [5.74, 6) is -0.575. The Kier molecular flexibility index (Phi) is 7.17. The number of halogens is 3. The van der Waals surface area contributed by atoms with Gasteiger partial charge >= 0.3 is 6.36 Å². The fraction of sp³-hybridized carbons (Fsp3) is 0.650. The molecule has 2 fully saturated rings. The number of nitrogens with one attached hydrogen (secondary N) is 3. The summed E-state index contributed by atoms with van der Waals surface area (Å²) >= 11 is 0. The molecule has 1 amide bonds. The van der Waals surface area contributed by atoms with Crippen molar-refractivity contribution >= 4 is 15.7 Å². The van der Waals surface area contributed by atoms with E-state index in [9.17, 15) is 26.4 Å². The minimum Gasteiger partial charge on any atom is -0.406 e. The number of ether oxygens (including phenoxy) is 1. The molecular weight excluding hydrogens is 435 g/mol. The van der Waals surface area contributed by atoms with Gasteiger partial charge in [-0.3, -0.25) is 10.1 Å². The number of alkyl halides is 3. The van der Waals surface area contributed by atoms with E-state index in [0.29, 0.717) is 12.8 Å². The van der Waals surface area contributed by atoms with Gasteiger partial charge in [0.15, 0.2) is 9.84 Å². The third kappa shape index (κ3) is 5.50. The number of amides is 1. The van der Waals surface area contributed by atoms with Crippen molar-refractivity contribution < 1.29 is 31.1 Å². The Morgan fingerprint density at radius 3 is 2.52 bits per heavy atom. The summed E-state index contributed by atoms with van der Waals surface area (Å²) in [6, 6.07) is 3.80. The van der Waals surface area contributed by atoms with Crippen molar-refractivity contribution in [2.75, 3.05) is 7.05 Å². The van der Waals surface area contributed by atoms with Crippen LogP contribution in [0.5, 0.6) is 5.75 Å². The van der Waals surface area contributed by atoms with Crippen LogP contribution < -0.4 is 20.7 Å². The first-order valence-corrected chi connectivity index (χ1v) is 11.9. The largest absolute Gasteiger partial charge is 0.573 e. The highest BCUT2D eigenvalue weighted by atomic mass is 32.2. The van der Waals surface area contributed by atoms with E-state index >= 15 is 0 Å². The second kappa shape index (κ2) is 9.33. The van der Waals surface area contributed by atoms with Gasteiger partial charge in [0, 0.05) is 12.1 Å². The highest BCUT2D eigenvalue weighted by Crippen LogP contribution is 2.38. The molecule has 1 aliphatic heterocycles. The number of carbonyl (C=O) groups is 1. The maximum Gasteiger partial charge on any atom is 0.573 e. The van der Waals surface area contributed by atoms with Gasteiger partial charge in [0.1, 0.15) is 11.1 Å². The molecule has 1 saturated carbocycles. The van der Waals surface area contributed by atoms with E-state index in [1.54, 1.807) is 7.05 Å². The van der Waals surface area contributed by atoms with E-state index in [0.717, 1.165) is 43.5 Å². The quantitative estimate of drug-likeness (QED) is 0.548. The Hall–Kier alpha value is -1.85. The van der Waals surface area contributed by atoms with Gasteiger partial charge in [-0.15, -0.1) is 13.2 Å². The fourth-order valence-electron chi connectivity index (χ4n) is 4.53. The minimum absolute atomic E-state index is 0.0179. The van der Waals surface area contributed by atoms with Crippen LogP contribution in [0.1, 0.15) is 39.0 Å². The van der Waals surface area contributed by atoms with E-state index in [4.69, 9.17) is 0 Å². The molecule has 2 aliphatic rings. The minimum atomic E-state index is -4.84. The molecule has 7 nitrogen and oxygen atoms in total. The standard InChI is InChI=1S/C20H28F3N3O4S/c1-3-4-17(24-2)19(27)26-16-10-9-15-14(16)11-18(25-15)31(28,29)13-7-5-12(6-8-13)30-20(21,22)23/h5-8,14-18,24-25H,3-4,9-11H2,1-2H3,(H,26,27)/t14-,15-,16-,17-,18?/m0/s1. The lowest BCUT2D eigenvalue weighted by Crippen LogP contribution is -2.48. The summed E-state index contributed by atoms with van der Waals surface area (Å²) in [7, 11) is -2.06. The van der Waals surface area contributed by atoms with Gasteiger partial charge in [0.05, 0.1) is 10.9 Å². The van der Waals surface area contributed by atoms with E-state index in [-0.39, 0.29) is 34.8 Å². The van der Waals surface area contributed by atoms with Gasteiger partial charge in [0.25, 0.3) is 0 Å². The average Bonchev–Trinajstić information content (AvgIpc) is 3.27. The second-order valence-corrected chi connectivity index (χ2v) is 10.2. The average molecular weight is 464 g/mol. The number of sulfone groups is 1. The zero-order valence-corrected chi connectivity index (χ0v) is 18.2. The van der Waals surface area contributed by atoms with Gasteiger partial charge < -0.3 is 15.4 Å². The highest BCUT2D eigenvalue weighted by Gasteiger charge is 2.48. The van der Waals surface area contributed by atoms with Crippen LogP contribution in [0, 0.1) is 5.92 Å². The van der Waals surface area contributed by atoms with Gasteiger partial charge in [-0.05, 0) is 62.9 Å². The Morgan fingerprint density at radius 1 is 1.26 bits per heavy atom. The first-order chi connectivity index (χ1) is 14.5. The van der Waals surface area contributed by atoms with E-state index in [1.807, 2.05) is 6.92 Å². The summed E-state index contributed by atoms with van der Waals surface area (Å²) in [5, 5.41) is 8.37. The Balaban J connectivity index is 1.66. The summed E-state index contributed by atoms with van der Waals surface area (Å²) in [6.07, 6.45) is -1.41. The number of benzene rings is 1. The first-order valence-electron chi connectivity index (χ1n) is 10.4. The van der Waals surface area contributed by atoms with Gasteiger partial charge in [0.2, 0.25) is 5.91 Å². The summed E-state index contributed by atoms with van der Waals surface area (Å²) in [4.78, 5) is 12.5. The Labute approximate surface area is 180 Å². The lowest BCUT2D eigenvalue weighted by Gasteiger charge is -2.23. The molecule has 0 radical (unpaired) electrons. The molecule has 0 spiro atoms. The zero-order valence-electron chi connectivity index (χ0n) is 17.4. The molecule has 174 valence electrons. The third-order valence-electron chi connectivity index (χ3n) is 6.04. The summed E-state index contributed by atoms with van der Waals surface area (Å²) < 4.78 is 66.7. The SMILES string of the molecule is CCC[C@H](NC)C(=O)N[C@H]1CC[C@@H]2NC(S(=O)(=O)c3ccc(OC(F)(F)F)cc3)C[C@H]12. The zero-order chi connectivity index (χ0) is 22.8. The van der Waals surface area contributed by atoms with Crippen molar-refractivity contribution in [2.24, 2.45) is 5.92 Å². The Bertz CT molecular complexity index is 877. The third-order valence-corrected chi connectivity index (χ3v) is 8.05. The monoisotopic (exact) mass is 463 g/mol. The molecule has 0 aromatic heterocycles. The van der Waals surface area contributed by atoms with Crippen LogP contribution >= 0.6 is 0 Å². The molecule has 1 aliphatic carbocycles. The van der Waals surface area contributed by atoms with Crippen molar-refractivity contribution in [1.82, 2.24) is 16.0 Å². The first kappa shape index (κ1) is 23.8. The number of rotatable bonds is 8. The van der Waals surface area contributed by atoms with E-state index < -0.39 is 27.3 Å². The maximum atomic E-state index is 13.0. The lowest BCUT2D eigenvalue weighted by molar-refractivity contribution is -0.274. The molecule has 5 atom stereocenters. The van der Waals surface area contributed by atoms with Crippen molar-refractivity contribution in [1.29, 1.82) is 0 Å². The molecule has 31 heavy (non-hydrogen) atoms. The van der Waals surface area contributed by atoms with Crippen molar-refractivity contribution in [2.45, 2.75) is 73.8 Å². The molecule has 11 heteroatoms. The molecule has 1 heterocycles. The van der Waals surface area contributed by atoms with Crippen molar-refractivity contribution in [3.05, 3.63) is 24.3 Å². The molecule has 1 saturated heterocycles. The normalized spacial score (nSPS) is 27.0. The van der Waals surface area contributed by atoms with Gasteiger partial charge in [-0.1, -0.05) is 13.3 Å². The molecule has 1 unspecified atom stereocenters. The fourth-order valence-corrected chi connectivity index (χ4v) is 6.20. The van der Waals surface area contributed by atoms with E-state index in [2.05, 4.69) is 20.7 Å². The highest BCUT2D eigenvalue weighted by molar-refractivity contribution is 7.92. The second-order valence-electron chi connectivity index (χ2n) is 8.05. The van der Waals surface area contributed by atoms with Crippen molar-refractivity contribution in [3.8, 4) is 5.75 Å². The van der Waals surface area contributed by atoms with Crippen LogP contribution in [0.25, 0.3) is 0 Å². The Morgan fingerprint density at radius 2 is 1.94 bits per heavy atom. The van der Waals surface area contributed by atoms with Crippen molar-refractivity contribution in [3.63, 3.8) is 0 Å². The molecule has 1 aromatic carbocycles. The van der Waals surface area contributed by atoms with Gasteiger partial charge in [-0.25, -0.2) is 8.42 Å². The molecule has 1 aromatic rings. The number of fused-ring (bicyclic) bond motifs is 1. The molecular formula is C20H28F3N3O4S. The number of hydrogen-bond acceptors (Lipinski definition) is 6. The predicted octanol–water partition coefficient (Wildman–Crippen LogP) is 2.33. The summed E-state index contributed by atoms with van der Waals surface area (Å²) in [5.41, 5.74) is 0. The lowest BCUT2D eigenvalue weighted by atomic mass is 9.99. The molecule has 3 rings (SSSR count). The van der Waals surface area contributed by atoms with Crippen LogP contribution in [-0.4, -0.2) is 51.2 Å². The molecule has 3 N–H and O–H groups in total. The number of hydrogen-bond donors (Lipinski definition) is 3.